The summed E-state index contributed by atoms with van der Waals surface area (Å²) in [5, 5.41) is 14.6. The largest absolute Gasteiger partial charge is 0.331 e. The number of fused-ring (bicyclic) bond motifs is 1. The molecular weight excluding hydrogens is 396 g/mol. The van der Waals surface area contributed by atoms with Crippen LogP contribution in [0.15, 0.2) is 36.4 Å². The van der Waals surface area contributed by atoms with Crippen molar-refractivity contribution in [3.63, 3.8) is 0 Å². The van der Waals surface area contributed by atoms with Crippen molar-refractivity contribution in [3.8, 4) is 11.5 Å². The Morgan fingerprint density at radius 2 is 1.87 bits per heavy atom. The zero-order chi connectivity index (χ0) is 22.1. The number of hydrogen-bond donors (Lipinski definition) is 1. The van der Waals surface area contributed by atoms with E-state index in [9.17, 15) is 9.59 Å². The number of nitrogens with one attached hydrogen (secondary N) is 1. The van der Waals surface area contributed by atoms with Gasteiger partial charge in [-0.3, -0.25) is 4.79 Å². The number of nitrogens with zero attached hydrogens (tertiary/aromatic N) is 7. The number of anilines is 1. The smallest absolute Gasteiger partial charge is 0.320 e. The summed E-state index contributed by atoms with van der Waals surface area (Å²) in [5.74, 6) is 0.674. The summed E-state index contributed by atoms with van der Waals surface area (Å²) >= 11 is 0. The number of benzene rings is 1. The van der Waals surface area contributed by atoms with Crippen LogP contribution in [0.25, 0.3) is 11.5 Å². The third kappa shape index (κ3) is 4.09. The van der Waals surface area contributed by atoms with Gasteiger partial charge in [0, 0.05) is 32.7 Å². The molecule has 0 atom stereocenters. The number of carbonyl (C=O) groups excluding carboxylic acids is 2. The Kier molecular flexibility index (Phi) is 5.37. The second-order valence-corrected chi connectivity index (χ2v) is 7.92. The number of pyridine rings is 1. The van der Waals surface area contributed by atoms with Gasteiger partial charge >= 0.3 is 6.03 Å². The number of hydrogen-bond acceptors (Lipinski definition) is 6. The Balaban J connectivity index is 1.51. The van der Waals surface area contributed by atoms with E-state index in [0.29, 0.717) is 36.0 Å². The van der Waals surface area contributed by atoms with Crippen LogP contribution in [-0.2, 0) is 13.1 Å². The molecule has 1 aromatic carbocycles. The highest BCUT2D eigenvalue weighted by Crippen LogP contribution is 2.25. The molecule has 3 aromatic rings. The molecule has 10 heteroatoms. The van der Waals surface area contributed by atoms with Crippen molar-refractivity contribution in [1.82, 2.24) is 35.0 Å². The van der Waals surface area contributed by atoms with Gasteiger partial charge in [0.1, 0.15) is 11.5 Å². The summed E-state index contributed by atoms with van der Waals surface area (Å²) in [7, 11) is 3.45. The molecule has 1 aliphatic heterocycles. The van der Waals surface area contributed by atoms with Crippen molar-refractivity contribution in [2.45, 2.75) is 33.0 Å². The minimum atomic E-state index is -0.270. The summed E-state index contributed by atoms with van der Waals surface area (Å²) in [6.07, 6.45) is 0. The van der Waals surface area contributed by atoms with Crippen LogP contribution in [0.4, 0.5) is 10.6 Å². The fourth-order valence-corrected chi connectivity index (χ4v) is 3.48. The third-order valence-corrected chi connectivity index (χ3v) is 5.05. The van der Waals surface area contributed by atoms with Gasteiger partial charge in [-0.1, -0.05) is 12.1 Å². The monoisotopic (exact) mass is 420 g/mol. The van der Waals surface area contributed by atoms with E-state index in [1.165, 1.54) is 0 Å². The first-order chi connectivity index (χ1) is 14.8. The van der Waals surface area contributed by atoms with Crippen molar-refractivity contribution in [1.29, 1.82) is 0 Å². The summed E-state index contributed by atoms with van der Waals surface area (Å²) in [5.41, 5.74) is 3.11. The standard InChI is InChI=1S/C21H24N8O2/c1-13(2)29-19(24-25-26-29)17-6-5-7-18(22-17)23-20(30)14-8-9-15-11-28(12-16(15)10-14)21(31)27(3)4/h5-10,13H,11-12H2,1-4H3,(H,22,23,30). The van der Waals surface area contributed by atoms with Crippen molar-refractivity contribution in [2.75, 3.05) is 19.4 Å². The van der Waals surface area contributed by atoms with Crippen molar-refractivity contribution >= 4 is 17.8 Å². The molecule has 31 heavy (non-hydrogen) atoms. The fraction of sp³-hybridized carbons (Fsp3) is 0.333. The van der Waals surface area contributed by atoms with Gasteiger partial charge in [-0.15, -0.1) is 5.10 Å². The Hall–Kier alpha value is -3.82. The minimum Gasteiger partial charge on any atom is -0.331 e. The van der Waals surface area contributed by atoms with Crippen molar-refractivity contribution in [2.24, 2.45) is 0 Å². The topological polar surface area (TPSA) is 109 Å². The van der Waals surface area contributed by atoms with Crippen LogP contribution in [0.5, 0.6) is 0 Å². The highest BCUT2D eigenvalue weighted by atomic mass is 16.2. The molecule has 160 valence electrons. The van der Waals surface area contributed by atoms with Gasteiger partial charge < -0.3 is 15.1 Å². The Labute approximate surface area is 179 Å². The van der Waals surface area contributed by atoms with E-state index in [2.05, 4.69) is 25.8 Å². The molecule has 1 N–H and O–H groups in total. The first-order valence-electron chi connectivity index (χ1n) is 9.98. The zero-order valence-corrected chi connectivity index (χ0v) is 17.9. The normalized spacial score (nSPS) is 12.7. The maximum Gasteiger partial charge on any atom is 0.320 e. The lowest BCUT2D eigenvalue weighted by molar-refractivity contribution is 0.102. The molecule has 0 radical (unpaired) electrons. The van der Waals surface area contributed by atoms with Gasteiger partial charge in [-0.2, -0.15) is 0 Å². The van der Waals surface area contributed by atoms with Crippen LogP contribution < -0.4 is 5.32 Å². The Morgan fingerprint density at radius 3 is 2.61 bits per heavy atom. The van der Waals surface area contributed by atoms with Crippen LogP contribution >= 0.6 is 0 Å². The van der Waals surface area contributed by atoms with Gasteiger partial charge in [-0.05, 0) is 59.7 Å². The van der Waals surface area contributed by atoms with E-state index >= 15 is 0 Å². The highest BCUT2D eigenvalue weighted by Gasteiger charge is 2.25. The van der Waals surface area contributed by atoms with E-state index in [4.69, 9.17) is 0 Å². The molecule has 0 fully saturated rings. The number of aromatic nitrogens is 5. The van der Waals surface area contributed by atoms with E-state index < -0.39 is 0 Å². The number of carbonyl (C=O) groups is 2. The number of amides is 3. The van der Waals surface area contributed by atoms with Crippen molar-refractivity contribution < 1.29 is 9.59 Å². The SMILES string of the molecule is CC(C)n1nnnc1-c1cccc(NC(=O)c2ccc3c(c2)CN(C(=O)N(C)C)C3)n1. The van der Waals surface area contributed by atoms with Crippen LogP contribution in [0.1, 0.15) is 41.4 Å². The predicted molar refractivity (Wildman–Crippen MR) is 114 cm³/mol. The molecule has 0 bridgehead atoms. The second kappa shape index (κ2) is 8.13. The van der Waals surface area contributed by atoms with E-state index in [-0.39, 0.29) is 18.0 Å². The lowest BCUT2D eigenvalue weighted by atomic mass is 10.1. The molecule has 0 saturated carbocycles. The third-order valence-electron chi connectivity index (χ3n) is 5.05. The van der Waals surface area contributed by atoms with Crippen LogP contribution in [0, 0.1) is 0 Å². The van der Waals surface area contributed by atoms with Gasteiger partial charge in [0.05, 0.1) is 6.04 Å². The molecule has 1 aliphatic rings. The van der Waals surface area contributed by atoms with Gasteiger partial charge in [0.25, 0.3) is 5.91 Å². The molecule has 0 unspecified atom stereocenters. The molecule has 10 nitrogen and oxygen atoms in total. The fourth-order valence-electron chi connectivity index (χ4n) is 3.48. The lowest BCUT2D eigenvalue weighted by Gasteiger charge is -2.20. The molecule has 0 aliphatic carbocycles. The molecule has 2 aromatic heterocycles. The van der Waals surface area contributed by atoms with Crippen molar-refractivity contribution in [3.05, 3.63) is 53.1 Å². The molecule has 4 rings (SSSR count). The average molecular weight is 420 g/mol. The van der Waals surface area contributed by atoms with Gasteiger partial charge in [-0.25, -0.2) is 14.5 Å². The maximum absolute atomic E-state index is 12.8. The first kappa shape index (κ1) is 20.5. The van der Waals surface area contributed by atoms with Gasteiger partial charge in [0.2, 0.25) is 5.82 Å². The van der Waals surface area contributed by atoms with Crippen LogP contribution in [-0.4, -0.2) is 61.0 Å². The average Bonchev–Trinajstić information content (AvgIpc) is 3.40. The number of tetrazole rings is 1. The quantitative estimate of drug-likeness (QED) is 0.695. The summed E-state index contributed by atoms with van der Waals surface area (Å²) in [6.45, 7) is 4.99. The zero-order valence-electron chi connectivity index (χ0n) is 17.9. The summed E-state index contributed by atoms with van der Waals surface area (Å²) in [4.78, 5) is 32.8. The molecule has 0 spiro atoms. The summed E-state index contributed by atoms with van der Waals surface area (Å²) < 4.78 is 1.68. The first-order valence-corrected chi connectivity index (χ1v) is 9.98. The maximum atomic E-state index is 12.8. The molecule has 3 amide bonds. The Morgan fingerprint density at radius 1 is 1.10 bits per heavy atom. The molecular formula is C21H24N8O2. The molecule has 0 saturated heterocycles. The Bertz CT molecular complexity index is 1140. The van der Waals surface area contributed by atoms with Crippen LogP contribution in [0.3, 0.4) is 0 Å². The minimum absolute atomic E-state index is 0.0491. The van der Waals surface area contributed by atoms with Crippen LogP contribution in [0.2, 0.25) is 0 Å². The van der Waals surface area contributed by atoms with E-state index in [1.807, 2.05) is 26.0 Å². The predicted octanol–water partition coefficient (Wildman–Crippen LogP) is 2.57. The second-order valence-electron chi connectivity index (χ2n) is 7.92. The van der Waals surface area contributed by atoms with E-state index in [1.54, 1.807) is 52.8 Å². The van der Waals surface area contributed by atoms with E-state index in [0.717, 1.165) is 11.1 Å². The van der Waals surface area contributed by atoms with Gasteiger partial charge in [0.15, 0.2) is 0 Å². The summed E-state index contributed by atoms with van der Waals surface area (Å²) in [6, 6.07) is 10.8. The highest BCUT2D eigenvalue weighted by molar-refractivity contribution is 6.04. The lowest BCUT2D eigenvalue weighted by Crippen LogP contribution is -2.35. The number of urea groups is 1. The number of rotatable bonds is 4. The molecule has 3 heterocycles.